The number of thiophene rings is 1. The number of hydrogen-bond acceptors (Lipinski definition) is 7. The molecule has 6 rings (SSSR count). The third-order valence-corrected chi connectivity index (χ3v) is 9.11. The average molecular weight is 530 g/mol. The molecule has 1 amide bonds. The van der Waals surface area contributed by atoms with Gasteiger partial charge in [0.25, 0.3) is 5.91 Å². The molecule has 3 aromatic heterocycles. The number of halogens is 3. The number of pyridine rings is 1. The van der Waals surface area contributed by atoms with Crippen LogP contribution in [0.2, 0.25) is 0 Å². The summed E-state index contributed by atoms with van der Waals surface area (Å²) in [6.45, 7) is 2.36. The van der Waals surface area contributed by atoms with Gasteiger partial charge in [-0.15, -0.1) is 11.3 Å². The number of aromatic nitrogens is 3. The summed E-state index contributed by atoms with van der Waals surface area (Å²) >= 11 is 1.17. The minimum absolute atomic E-state index is 0.0246. The lowest BCUT2D eigenvalue weighted by Crippen LogP contribution is -2.58. The first kappa shape index (κ1) is 24.3. The molecule has 2 fully saturated rings. The number of carbonyl (C=O) groups excluding carboxylic acids is 1. The number of nitrogens with one attached hydrogen (secondary N) is 1. The minimum atomic E-state index is -2.75. The molecule has 1 saturated carbocycles. The zero-order valence-electron chi connectivity index (χ0n) is 20.6. The van der Waals surface area contributed by atoms with Crippen molar-refractivity contribution in [2.24, 2.45) is 0 Å². The Morgan fingerprint density at radius 3 is 2.54 bits per heavy atom. The van der Waals surface area contributed by atoms with Gasteiger partial charge in [-0.1, -0.05) is 6.07 Å². The van der Waals surface area contributed by atoms with Gasteiger partial charge in [0, 0.05) is 42.9 Å². The van der Waals surface area contributed by atoms with Gasteiger partial charge in [-0.3, -0.25) is 4.79 Å². The fourth-order valence-electron chi connectivity index (χ4n) is 5.85. The fourth-order valence-corrected chi connectivity index (χ4v) is 7.17. The Kier molecular flexibility index (Phi) is 5.76. The number of fused-ring (bicyclic) bond motifs is 2. The van der Waals surface area contributed by atoms with E-state index in [9.17, 15) is 18.0 Å². The molecule has 0 aromatic carbocycles. The maximum atomic E-state index is 14.8. The molecular formula is C26H27F3N6OS. The second-order valence-corrected chi connectivity index (χ2v) is 11.6. The number of piperidine rings is 1. The Morgan fingerprint density at radius 1 is 1.11 bits per heavy atom. The Bertz CT molecular complexity index is 1340. The van der Waals surface area contributed by atoms with Crippen LogP contribution in [0.5, 0.6) is 0 Å². The van der Waals surface area contributed by atoms with Gasteiger partial charge in [0.05, 0.1) is 16.6 Å². The highest BCUT2D eigenvalue weighted by Crippen LogP contribution is 2.58. The molecule has 3 aliphatic rings. The van der Waals surface area contributed by atoms with E-state index in [0.29, 0.717) is 27.1 Å². The number of likely N-dealkylation sites (tertiary alicyclic amines) is 1. The molecule has 1 saturated heterocycles. The van der Waals surface area contributed by atoms with Crippen molar-refractivity contribution in [3.05, 3.63) is 52.4 Å². The van der Waals surface area contributed by atoms with E-state index in [0.717, 1.165) is 32.1 Å². The molecular weight excluding hydrogens is 502 g/mol. The standard InChI is InChI=1S/C26H27F3N6OS/c1-34-7-5-15(6-8-34)16-3-4-20(30-10-16)32-24-31-11-18(27)21(33-24)19-9-17-22(37-19)25(12-26(28,29)13-25)14-35(2)23(17)36/h3-4,9-11,15H,5-8,12-14H2,1-2H3,(H,30,31,32,33)/i19+1. The molecule has 11 heteroatoms. The maximum absolute atomic E-state index is 14.8. The summed E-state index contributed by atoms with van der Waals surface area (Å²) in [5.74, 6) is -2.47. The molecule has 0 radical (unpaired) electrons. The number of hydrogen-bond donors (Lipinski definition) is 1. The molecule has 0 bridgehead atoms. The van der Waals surface area contributed by atoms with Crippen molar-refractivity contribution in [2.45, 2.75) is 42.9 Å². The summed E-state index contributed by atoms with van der Waals surface area (Å²) in [4.78, 5) is 30.5. The van der Waals surface area contributed by atoms with Gasteiger partial charge in [-0.2, -0.15) is 0 Å². The first-order chi connectivity index (χ1) is 17.6. The van der Waals surface area contributed by atoms with Crippen LogP contribution in [0.1, 0.15) is 52.4 Å². The minimum Gasteiger partial charge on any atom is -0.341 e. The molecule has 37 heavy (non-hydrogen) atoms. The van der Waals surface area contributed by atoms with E-state index in [1.54, 1.807) is 13.1 Å². The van der Waals surface area contributed by atoms with Crippen LogP contribution in [0, 0.1) is 5.82 Å². The largest absolute Gasteiger partial charge is 0.341 e. The Balaban J connectivity index is 1.25. The van der Waals surface area contributed by atoms with E-state index in [1.807, 2.05) is 18.3 Å². The molecule has 194 valence electrons. The van der Waals surface area contributed by atoms with Gasteiger partial charge in [0.15, 0.2) is 5.82 Å². The summed E-state index contributed by atoms with van der Waals surface area (Å²) in [6, 6.07) is 5.47. The maximum Gasteiger partial charge on any atom is 0.254 e. The molecule has 1 spiro atoms. The number of anilines is 2. The molecule has 7 nitrogen and oxygen atoms in total. The molecule has 1 aliphatic carbocycles. The van der Waals surface area contributed by atoms with E-state index in [-0.39, 0.29) is 36.9 Å². The van der Waals surface area contributed by atoms with Gasteiger partial charge >= 0.3 is 0 Å². The Hall–Kier alpha value is -3.05. The van der Waals surface area contributed by atoms with Crippen molar-refractivity contribution >= 4 is 29.0 Å². The Labute approximate surface area is 216 Å². The lowest BCUT2D eigenvalue weighted by Gasteiger charge is -2.51. The van der Waals surface area contributed by atoms with E-state index < -0.39 is 17.2 Å². The van der Waals surface area contributed by atoms with Crippen molar-refractivity contribution in [3.8, 4) is 10.6 Å². The summed E-state index contributed by atoms with van der Waals surface area (Å²) in [5.41, 5.74) is 0.766. The third kappa shape index (κ3) is 4.37. The quantitative estimate of drug-likeness (QED) is 0.510. The second-order valence-electron chi connectivity index (χ2n) is 10.6. The summed E-state index contributed by atoms with van der Waals surface area (Å²) in [5, 5.41) is 3.03. The number of likely N-dealkylation sites (N-methyl/N-ethyl adjacent to an activating group) is 1. The SMILES string of the molecule is CN1CCC(c2ccc(Nc3ncc(F)c(-[13c]4cc5c(s4)C4(CN(C)C5=O)CC(F)(F)C4)n3)nc2)CC1. The lowest BCUT2D eigenvalue weighted by molar-refractivity contribution is -0.131. The molecule has 5 heterocycles. The predicted octanol–water partition coefficient (Wildman–Crippen LogP) is 5.04. The molecule has 3 aromatic rings. The van der Waals surface area contributed by atoms with Crippen molar-refractivity contribution in [1.82, 2.24) is 24.8 Å². The van der Waals surface area contributed by atoms with Crippen LogP contribution in [-0.4, -0.2) is 70.3 Å². The topological polar surface area (TPSA) is 74.2 Å². The van der Waals surface area contributed by atoms with Crippen LogP contribution >= 0.6 is 11.3 Å². The van der Waals surface area contributed by atoms with E-state index >= 15 is 0 Å². The number of carbonyl (C=O) groups is 1. The van der Waals surface area contributed by atoms with Crippen LogP contribution in [0.3, 0.4) is 0 Å². The van der Waals surface area contributed by atoms with Crippen LogP contribution in [-0.2, 0) is 5.41 Å². The van der Waals surface area contributed by atoms with Crippen LogP contribution in [0.4, 0.5) is 24.9 Å². The smallest absolute Gasteiger partial charge is 0.254 e. The lowest BCUT2D eigenvalue weighted by atomic mass is 9.63. The first-order valence-electron chi connectivity index (χ1n) is 12.3. The molecule has 0 atom stereocenters. The number of alkyl halides is 2. The van der Waals surface area contributed by atoms with Gasteiger partial charge in [0.2, 0.25) is 11.9 Å². The highest BCUT2D eigenvalue weighted by molar-refractivity contribution is 7.16. The Morgan fingerprint density at radius 2 is 1.86 bits per heavy atom. The van der Waals surface area contributed by atoms with Gasteiger partial charge < -0.3 is 15.1 Å². The van der Waals surface area contributed by atoms with Crippen LogP contribution in [0.25, 0.3) is 10.6 Å². The summed E-state index contributed by atoms with van der Waals surface area (Å²) in [6.07, 6.45) is 4.48. The second kappa shape index (κ2) is 8.76. The summed E-state index contributed by atoms with van der Waals surface area (Å²) < 4.78 is 42.6. The zero-order chi connectivity index (χ0) is 25.9. The zero-order valence-corrected chi connectivity index (χ0v) is 21.4. The van der Waals surface area contributed by atoms with Crippen molar-refractivity contribution in [1.29, 1.82) is 0 Å². The van der Waals surface area contributed by atoms with Crippen LogP contribution in [0.15, 0.2) is 30.6 Å². The van der Waals surface area contributed by atoms with Crippen molar-refractivity contribution in [3.63, 3.8) is 0 Å². The molecule has 0 unspecified atom stereocenters. The number of rotatable bonds is 4. The van der Waals surface area contributed by atoms with E-state index in [4.69, 9.17) is 0 Å². The summed E-state index contributed by atoms with van der Waals surface area (Å²) in [7, 11) is 3.74. The number of nitrogens with zero attached hydrogens (tertiary/aromatic N) is 5. The average Bonchev–Trinajstić information content (AvgIpc) is 3.30. The monoisotopic (exact) mass is 529 g/mol. The van der Waals surface area contributed by atoms with Gasteiger partial charge in [0.1, 0.15) is 11.5 Å². The van der Waals surface area contributed by atoms with Crippen LogP contribution < -0.4 is 5.32 Å². The molecule has 1 N–H and O–H groups in total. The van der Waals surface area contributed by atoms with Gasteiger partial charge in [-0.25, -0.2) is 28.1 Å². The van der Waals surface area contributed by atoms with Gasteiger partial charge in [-0.05, 0) is 56.6 Å². The van der Waals surface area contributed by atoms with E-state index in [1.165, 1.54) is 21.8 Å². The fraction of sp³-hybridized carbons (Fsp3) is 0.462. The van der Waals surface area contributed by atoms with E-state index in [2.05, 4.69) is 32.2 Å². The third-order valence-electron chi connectivity index (χ3n) is 7.72. The molecule has 2 aliphatic heterocycles. The normalized spacial score (nSPS) is 21.1. The predicted molar refractivity (Wildman–Crippen MR) is 135 cm³/mol. The van der Waals surface area contributed by atoms with Crippen molar-refractivity contribution < 1.29 is 18.0 Å². The van der Waals surface area contributed by atoms with Crippen molar-refractivity contribution in [2.75, 3.05) is 39.0 Å². The number of amides is 1. The highest BCUT2D eigenvalue weighted by atomic mass is 32.1. The first-order valence-corrected chi connectivity index (χ1v) is 13.2. The highest BCUT2D eigenvalue weighted by Gasteiger charge is 2.61.